The molecule has 138 valence electrons. The van der Waals surface area contributed by atoms with E-state index >= 15 is 0 Å². The number of aryl methyl sites for hydroxylation is 1. The Labute approximate surface area is 156 Å². The average molecular weight is 364 g/mol. The third kappa shape index (κ3) is 2.81. The largest absolute Gasteiger partial charge is 0.495 e. The molecule has 2 amide bonds. The molecule has 2 heterocycles. The van der Waals surface area contributed by atoms with Gasteiger partial charge >= 0.3 is 0 Å². The van der Waals surface area contributed by atoms with Crippen LogP contribution >= 0.6 is 0 Å². The van der Waals surface area contributed by atoms with E-state index in [2.05, 4.69) is 10.3 Å². The minimum Gasteiger partial charge on any atom is -0.495 e. The molecule has 1 aliphatic heterocycles. The fourth-order valence-electron chi connectivity index (χ4n) is 3.47. The van der Waals surface area contributed by atoms with E-state index in [0.29, 0.717) is 23.9 Å². The van der Waals surface area contributed by atoms with E-state index < -0.39 is 6.04 Å². The van der Waals surface area contributed by atoms with Crippen molar-refractivity contribution in [3.8, 4) is 5.75 Å². The summed E-state index contributed by atoms with van der Waals surface area (Å²) < 4.78 is 7.30. The number of hydrogen-bond acceptors (Lipinski definition) is 5. The van der Waals surface area contributed by atoms with Crippen LogP contribution in [0.1, 0.15) is 13.3 Å². The maximum absolute atomic E-state index is 13.0. The second-order valence-electron chi connectivity index (χ2n) is 6.31. The first-order chi connectivity index (χ1) is 13.1. The molecular formula is C20H20N4O3. The first-order valence-corrected chi connectivity index (χ1v) is 8.85. The number of anilines is 2. The van der Waals surface area contributed by atoms with Crippen molar-refractivity contribution in [1.82, 2.24) is 9.55 Å². The highest BCUT2D eigenvalue weighted by atomic mass is 16.5. The molecule has 0 radical (unpaired) electrons. The van der Waals surface area contributed by atoms with Gasteiger partial charge in [-0.3, -0.25) is 9.59 Å². The van der Waals surface area contributed by atoms with E-state index in [1.54, 1.807) is 24.3 Å². The minimum atomic E-state index is -0.662. The number of aromatic nitrogens is 2. The van der Waals surface area contributed by atoms with Crippen molar-refractivity contribution in [1.29, 1.82) is 0 Å². The summed E-state index contributed by atoms with van der Waals surface area (Å²) in [6.45, 7) is 2.72. The number of benzene rings is 2. The van der Waals surface area contributed by atoms with Crippen molar-refractivity contribution in [2.75, 3.05) is 17.3 Å². The lowest BCUT2D eigenvalue weighted by atomic mass is 10.2. The summed E-state index contributed by atoms with van der Waals surface area (Å²) in [6.07, 6.45) is 0.0732. The Morgan fingerprint density at radius 1 is 1.15 bits per heavy atom. The van der Waals surface area contributed by atoms with Crippen LogP contribution in [0, 0.1) is 0 Å². The van der Waals surface area contributed by atoms with Crippen LogP contribution in [0.4, 0.5) is 11.6 Å². The molecule has 1 fully saturated rings. The molecule has 3 aromatic rings. The van der Waals surface area contributed by atoms with Crippen LogP contribution in [-0.4, -0.2) is 34.5 Å². The molecule has 1 unspecified atom stereocenters. The molecule has 0 bridgehead atoms. The Morgan fingerprint density at radius 2 is 1.89 bits per heavy atom. The van der Waals surface area contributed by atoms with Crippen LogP contribution in [-0.2, 0) is 16.1 Å². The molecule has 1 aromatic heterocycles. The number of nitrogens with zero attached hydrogens (tertiary/aromatic N) is 3. The Balaban J connectivity index is 1.65. The zero-order chi connectivity index (χ0) is 19.0. The van der Waals surface area contributed by atoms with Crippen molar-refractivity contribution in [3.05, 3.63) is 48.5 Å². The maximum atomic E-state index is 13.0. The average Bonchev–Trinajstić information content (AvgIpc) is 3.18. The number of methoxy groups -OCH3 is 1. The molecular weight excluding hydrogens is 344 g/mol. The number of para-hydroxylation sites is 4. The minimum absolute atomic E-state index is 0.0732. The normalized spacial score (nSPS) is 17.0. The number of amides is 2. The molecule has 1 N–H and O–H groups in total. The van der Waals surface area contributed by atoms with Crippen LogP contribution in [0.2, 0.25) is 0 Å². The molecule has 1 saturated heterocycles. The molecule has 27 heavy (non-hydrogen) atoms. The quantitative estimate of drug-likeness (QED) is 0.705. The van der Waals surface area contributed by atoms with Crippen LogP contribution < -0.4 is 15.0 Å². The lowest BCUT2D eigenvalue weighted by Crippen LogP contribution is -2.35. The topological polar surface area (TPSA) is 76.5 Å². The molecule has 1 atom stereocenters. The number of carbonyl (C=O) groups is 2. The second kappa shape index (κ2) is 6.75. The lowest BCUT2D eigenvalue weighted by molar-refractivity contribution is -0.121. The highest BCUT2D eigenvalue weighted by molar-refractivity contribution is 6.23. The van der Waals surface area contributed by atoms with Gasteiger partial charge in [0.25, 0.3) is 5.91 Å². The van der Waals surface area contributed by atoms with Crippen molar-refractivity contribution >= 4 is 34.5 Å². The summed E-state index contributed by atoms with van der Waals surface area (Å²) >= 11 is 0. The third-order valence-electron chi connectivity index (χ3n) is 4.75. The van der Waals surface area contributed by atoms with E-state index in [4.69, 9.17) is 4.74 Å². The smallest absolute Gasteiger partial charge is 0.256 e. The van der Waals surface area contributed by atoms with Gasteiger partial charge in [0.05, 0.1) is 30.3 Å². The van der Waals surface area contributed by atoms with E-state index in [1.165, 1.54) is 12.0 Å². The summed E-state index contributed by atoms with van der Waals surface area (Å²) in [5.41, 5.74) is 2.30. The summed E-state index contributed by atoms with van der Waals surface area (Å²) in [5.74, 6) is 0.507. The van der Waals surface area contributed by atoms with Gasteiger partial charge in [0.15, 0.2) is 0 Å². The first-order valence-electron chi connectivity index (χ1n) is 8.85. The van der Waals surface area contributed by atoms with Gasteiger partial charge in [-0.15, -0.1) is 0 Å². The predicted molar refractivity (Wildman–Crippen MR) is 103 cm³/mol. The van der Waals surface area contributed by atoms with Crippen LogP contribution in [0.25, 0.3) is 11.0 Å². The number of imidazole rings is 1. The molecule has 7 heteroatoms. The molecule has 0 spiro atoms. The summed E-state index contributed by atoms with van der Waals surface area (Å²) in [5, 5.41) is 3.17. The highest BCUT2D eigenvalue weighted by Crippen LogP contribution is 2.32. The number of nitrogens with one attached hydrogen (secondary N) is 1. The van der Waals surface area contributed by atoms with Crippen molar-refractivity contribution in [2.45, 2.75) is 25.9 Å². The van der Waals surface area contributed by atoms with Gasteiger partial charge in [0.2, 0.25) is 11.9 Å². The molecule has 1 aliphatic rings. The van der Waals surface area contributed by atoms with Gasteiger partial charge in [-0.2, -0.15) is 0 Å². The fourth-order valence-corrected chi connectivity index (χ4v) is 3.47. The highest BCUT2D eigenvalue weighted by Gasteiger charge is 2.41. The van der Waals surface area contributed by atoms with Crippen LogP contribution in [0.5, 0.6) is 5.75 Å². The zero-order valence-electron chi connectivity index (χ0n) is 15.2. The van der Waals surface area contributed by atoms with Gasteiger partial charge in [-0.05, 0) is 31.2 Å². The first kappa shape index (κ1) is 17.1. The number of ether oxygens (including phenoxy) is 1. The summed E-state index contributed by atoms with van der Waals surface area (Å²) in [4.78, 5) is 31.3. The number of hydrogen-bond donors (Lipinski definition) is 1. The van der Waals surface area contributed by atoms with Gasteiger partial charge in [0.1, 0.15) is 11.8 Å². The number of fused-ring (bicyclic) bond motifs is 1. The molecule has 7 nitrogen and oxygen atoms in total. The summed E-state index contributed by atoms with van der Waals surface area (Å²) in [6, 6.07) is 14.1. The number of imide groups is 1. The molecule has 2 aromatic carbocycles. The molecule has 4 rings (SSSR count). The maximum Gasteiger partial charge on any atom is 0.256 e. The fraction of sp³-hybridized carbons (Fsp3) is 0.250. The van der Waals surface area contributed by atoms with Crippen molar-refractivity contribution < 1.29 is 14.3 Å². The second-order valence-corrected chi connectivity index (χ2v) is 6.31. The van der Waals surface area contributed by atoms with Gasteiger partial charge < -0.3 is 14.6 Å². The van der Waals surface area contributed by atoms with E-state index in [1.807, 2.05) is 35.8 Å². The molecule has 0 saturated carbocycles. The predicted octanol–water partition coefficient (Wildman–Crippen LogP) is 2.81. The zero-order valence-corrected chi connectivity index (χ0v) is 15.2. The summed E-state index contributed by atoms with van der Waals surface area (Å²) in [7, 11) is 1.52. The Bertz CT molecular complexity index is 1030. The van der Waals surface area contributed by atoms with Crippen LogP contribution in [0.3, 0.4) is 0 Å². The van der Waals surface area contributed by atoms with Crippen LogP contribution in [0.15, 0.2) is 48.5 Å². The van der Waals surface area contributed by atoms with Gasteiger partial charge in [-0.1, -0.05) is 24.3 Å². The molecule has 0 aliphatic carbocycles. The van der Waals surface area contributed by atoms with Crippen molar-refractivity contribution in [3.63, 3.8) is 0 Å². The number of carbonyl (C=O) groups excluding carboxylic acids is 2. The van der Waals surface area contributed by atoms with Gasteiger partial charge in [-0.25, -0.2) is 9.88 Å². The monoisotopic (exact) mass is 364 g/mol. The van der Waals surface area contributed by atoms with E-state index in [-0.39, 0.29) is 18.2 Å². The number of rotatable bonds is 5. The standard InChI is InChI=1S/C20H20N4O3/c1-3-23-15-9-5-4-8-13(15)21-20(23)22-14-12-18(25)24(19(14)26)16-10-6-7-11-17(16)27-2/h4-11,14H,3,12H2,1-2H3,(H,21,22). The van der Waals surface area contributed by atoms with E-state index in [9.17, 15) is 9.59 Å². The third-order valence-corrected chi connectivity index (χ3v) is 4.75. The Hall–Kier alpha value is -3.35. The van der Waals surface area contributed by atoms with Gasteiger partial charge in [0, 0.05) is 6.54 Å². The Morgan fingerprint density at radius 3 is 2.67 bits per heavy atom. The Kier molecular flexibility index (Phi) is 4.27. The van der Waals surface area contributed by atoms with Crippen molar-refractivity contribution in [2.24, 2.45) is 0 Å². The SMILES string of the molecule is CCn1c(NC2CC(=O)N(c3ccccc3OC)C2=O)nc2ccccc21. The lowest BCUT2D eigenvalue weighted by Gasteiger charge is -2.18. The van der Waals surface area contributed by atoms with E-state index in [0.717, 1.165) is 11.0 Å².